The standard InChI is InChI=1S/C12H20N2O4/c1-2-18-10(6-11(15)16)7-14-12(17)8-3-4-9(13)5-8/h3-4,8-10H,2,5-7,13H2,1H3,(H,14,17)(H,15,16). The van der Waals surface area contributed by atoms with Crippen LogP contribution in [0, 0.1) is 5.92 Å². The minimum Gasteiger partial charge on any atom is -0.481 e. The minimum absolute atomic E-state index is 0.0672. The molecule has 0 saturated carbocycles. The van der Waals surface area contributed by atoms with E-state index < -0.39 is 12.1 Å². The molecule has 0 aromatic rings. The Labute approximate surface area is 106 Å². The van der Waals surface area contributed by atoms with Crippen molar-refractivity contribution in [2.75, 3.05) is 13.2 Å². The van der Waals surface area contributed by atoms with Gasteiger partial charge in [-0.05, 0) is 13.3 Å². The van der Waals surface area contributed by atoms with Gasteiger partial charge in [0.15, 0.2) is 0 Å². The van der Waals surface area contributed by atoms with Crippen LogP contribution in [0.1, 0.15) is 19.8 Å². The second kappa shape index (κ2) is 7.13. The van der Waals surface area contributed by atoms with Crippen LogP contribution >= 0.6 is 0 Å². The summed E-state index contributed by atoms with van der Waals surface area (Å²) < 4.78 is 5.25. The summed E-state index contributed by atoms with van der Waals surface area (Å²) in [4.78, 5) is 22.4. The third kappa shape index (κ3) is 4.85. The molecule has 0 aromatic carbocycles. The monoisotopic (exact) mass is 256 g/mol. The lowest BCUT2D eigenvalue weighted by Gasteiger charge is -2.17. The molecule has 1 amide bonds. The highest BCUT2D eigenvalue weighted by Crippen LogP contribution is 2.16. The lowest BCUT2D eigenvalue weighted by molar-refractivity contribution is -0.140. The Balaban J connectivity index is 2.34. The van der Waals surface area contributed by atoms with E-state index >= 15 is 0 Å². The fourth-order valence-corrected chi connectivity index (χ4v) is 1.89. The number of hydrogen-bond acceptors (Lipinski definition) is 4. The van der Waals surface area contributed by atoms with Crippen molar-refractivity contribution in [1.29, 1.82) is 0 Å². The van der Waals surface area contributed by atoms with Crippen LogP contribution in [-0.2, 0) is 14.3 Å². The first-order valence-corrected chi connectivity index (χ1v) is 6.08. The number of nitrogens with two attached hydrogens (primary N) is 1. The number of carbonyl (C=O) groups excluding carboxylic acids is 1. The molecule has 1 aliphatic rings. The Morgan fingerprint density at radius 3 is 2.78 bits per heavy atom. The zero-order valence-corrected chi connectivity index (χ0v) is 10.5. The molecule has 0 radical (unpaired) electrons. The molecule has 3 atom stereocenters. The number of ether oxygens (including phenoxy) is 1. The van der Waals surface area contributed by atoms with Crippen LogP contribution in [0.2, 0.25) is 0 Å². The largest absolute Gasteiger partial charge is 0.481 e. The van der Waals surface area contributed by atoms with E-state index in [1.165, 1.54) is 0 Å². The molecule has 0 fully saturated rings. The first-order valence-electron chi connectivity index (χ1n) is 6.08. The average Bonchev–Trinajstić information content (AvgIpc) is 2.72. The van der Waals surface area contributed by atoms with Gasteiger partial charge in [0.1, 0.15) is 0 Å². The van der Waals surface area contributed by atoms with Gasteiger partial charge in [-0.2, -0.15) is 0 Å². The van der Waals surface area contributed by atoms with E-state index in [0.717, 1.165) is 0 Å². The number of carboxylic acids is 1. The summed E-state index contributed by atoms with van der Waals surface area (Å²) in [6, 6.07) is -0.0672. The molecule has 18 heavy (non-hydrogen) atoms. The molecule has 0 aromatic heterocycles. The highest BCUT2D eigenvalue weighted by Gasteiger charge is 2.23. The topological polar surface area (TPSA) is 102 Å². The van der Waals surface area contributed by atoms with Gasteiger partial charge in [0.2, 0.25) is 5.91 Å². The second-order valence-corrected chi connectivity index (χ2v) is 4.31. The van der Waals surface area contributed by atoms with Gasteiger partial charge in [0.05, 0.1) is 18.4 Å². The highest BCUT2D eigenvalue weighted by molar-refractivity contribution is 5.81. The fourth-order valence-electron chi connectivity index (χ4n) is 1.89. The van der Waals surface area contributed by atoms with Gasteiger partial charge >= 0.3 is 5.97 Å². The van der Waals surface area contributed by atoms with Gasteiger partial charge in [-0.1, -0.05) is 12.2 Å². The van der Waals surface area contributed by atoms with Crippen LogP contribution in [0.25, 0.3) is 0 Å². The number of carboxylic acid groups (broad SMARTS) is 1. The van der Waals surface area contributed by atoms with E-state index in [2.05, 4.69) is 5.32 Å². The maximum absolute atomic E-state index is 11.8. The number of nitrogens with one attached hydrogen (secondary N) is 1. The Morgan fingerprint density at radius 1 is 1.56 bits per heavy atom. The van der Waals surface area contributed by atoms with Gasteiger partial charge < -0.3 is 20.9 Å². The molecule has 4 N–H and O–H groups in total. The maximum Gasteiger partial charge on any atom is 0.306 e. The minimum atomic E-state index is -0.939. The van der Waals surface area contributed by atoms with Crippen molar-refractivity contribution in [2.24, 2.45) is 11.7 Å². The first-order chi connectivity index (χ1) is 8.52. The van der Waals surface area contributed by atoms with Crippen molar-refractivity contribution in [1.82, 2.24) is 5.32 Å². The van der Waals surface area contributed by atoms with Crippen molar-refractivity contribution in [3.8, 4) is 0 Å². The highest BCUT2D eigenvalue weighted by atomic mass is 16.5. The van der Waals surface area contributed by atoms with Crippen LogP contribution in [0.5, 0.6) is 0 Å². The molecule has 0 heterocycles. The van der Waals surface area contributed by atoms with E-state index in [0.29, 0.717) is 13.0 Å². The fraction of sp³-hybridized carbons (Fsp3) is 0.667. The lowest BCUT2D eigenvalue weighted by atomic mass is 10.1. The molecular weight excluding hydrogens is 236 g/mol. The Hall–Kier alpha value is -1.40. The molecule has 6 heteroatoms. The zero-order chi connectivity index (χ0) is 13.5. The van der Waals surface area contributed by atoms with Crippen molar-refractivity contribution < 1.29 is 19.4 Å². The Morgan fingerprint density at radius 2 is 2.28 bits per heavy atom. The Bertz CT molecular complexity index is 330. The van der Waals surface area contributed by atoms with Crippen molar-refractivity contribution in [3.05, 3.63) is 12.2 Å². The summed E-state index contributed by atoms with van der Waals surface area (Å²) in [6.07, 6.45) is 3.59. The predicted molar refractivity (Wildman–Crippen MR) is 65.9 cm³/mol. The molecule has 0 aliphatic heterocycles. The van der Waals surface area contributed by atoms with Crippen molar-refractivity contribution in [3.63, 3.8) is 0 Å². The van der Waals surface area contributed by atoms with E-state index in [4.69, 9.17) is 15.6 Å². The number of rotatable bonds is 7. The molecule has 1 aliphatic carbocycles. The molecule has 6 nitrogen and oxygen atoms in total. The Kier molecular flexibility index (Phi) is 5.80. The summed E-state index contributed by atoms with van der Waals surface area (Å²) in [7, 11) is 0. The lowest BCUT2D eigenvalue weighted by Crippen LogP contribution is -2.38. The smallest absolute Gasteiger partial charge is 0.306 e. The SMILES string of the molecule is CCOC(CNC(=O)C1C=CC(N)C1)CC(=O)O. The summed E-state index contributed by atoms with van der Waals surface area (Å²) in [6.45, 7) is 2.41. The van der Waals surface area contributed by atoms with E-state index in [1.807, 2.05) is 6.08 Å². The van der Waals surface area contributed by atoms with Gasteiger partial charge in [0.25, 0.3) is 0 Å². The van der Waals surface area contributed by atoms with Crippen LogP contribution in [-0.4, -0.2) is 42.3 Å². The average molecular weight is 256 g/mol. The number of hydrogen-bond donors (Lipinski definition) is 3. The number of carbonyl (C=O) groups is 2. The molecule has 102 valence electrons. The van der Waals surface area contributed by atoms with Crippen LogP contribution in [0.3, 0.4) is 0 Å². The van der Waals surface area contributed by atoms with Gasteiger partial charge in [-0.25, -0.2) is 0 Å². The first kappa shape index (κ1) is 14.7. The number of amides is 1. The maximum atomic E-state index is 11.8. The molecule has 0 saturated heterocycles. The van der Waals surface area contributed by atoms with Crippen molar-refractivity contribution >= 4 is 11.9 Å². The van der Waals surface area contributed by atoms with Crippen LogP contribution in [0.15, 0.2) is 12.2 Å². The molecule has 0 bridgehead atoms. The summed E-state index contributed by atoms with van der Waals surface area (Å²) >= 11 is 0. The van der Waals surface area contributed by atoms with E-state index in [-0.39, 0.29) is 30.8 Å². The molecule has 3 unspecified atom stereocenters. The molecular formula is C12H20N2O4. The van der Waals surface area contributed by atoms with Gasteiger partial charge in [-0.3, -0.25) is 9.59 Å². The summed E-state index contributed by atoms with van der Waals surface area (Å²) in [5.74, 6) is -1.29. The molecule has 1 rings (SSSR count). The predicted octanol–water partition coefficient (Wildman–Crippen LogP) is -0.114. The number of aliphatic carboxylic acids is 1. The third-order valence-electron chi connectivity index (χ3n) is 2.76. The normalized spacial score (nSPS) is 23.9. The van der Waals surface area contributed by atoms with Crippen molar-refractivity contribution in [2.45, 2.75) is 31.9 Å². The molecule has 0 spiro atoms. The third-order valence-corrected chi connectivity index (χ3v) is 2.76. The van der Waals surface area contributed by atoms with Gasteiger partial charge in [-0.15, -0.1) is 0 Å². The quantitative estimate of drug-likeness (QED) is 0.551. The zero-order valence-electron chi connectivity index (χ0n) is 10.5. The second-order valence-electron chi connectivity index (χ2n) is 4.31. The summed E-state index contributed by atoms with van der Waals surface area (Å²) in [5, 5.41) is 11.4. The van der Waals surface area contributed by atoms with E-state index in [1.54, 1.807) is 13.0 Å². The summed E-state index contributed by atoms with van der Waals surface area (Å²) in [5.41, 5.74) is 5.66. The van der Waals surface area contributed by atoms with Crippen LogP contribution in [0.4, 0.5) is 0 Å². The van der Waals surface area contributed by atoms with Crippen LogP contribution < -0.4 is 11.1 Å². The van der Waals surface area contributed by atoms with E-state index in [9.17, 15) is 9.59 Å². The van der Waals surface area contributed by atoms with Gasteiger partial charge in [0, 0.05) is 19.2 Å².